The van der Waals surface area contributed by atoms with Gasteiger partial charge in [0, 0.05) is 25.4 Å². The van der Waals surface area contributed by atoms with Crippen molar-refractivity contribution in [3.63, 3.8) is 0 Å². The highest BCUT2D eigenvalue weighted by Gasteiger charge is 2.16. The van der Waals surface area contributed by atoms with Crippen LogP contribution in [0, 0.1) is 6.92 Å². The number of pyridine rings is 1. The molecule has 0 spiro atoms. The summed E-state index contributed by atoms with van der Waals surface area (Å²) in [4.78, 5) is 17.4. The van der Waals surface area contributed by atoms with Crippen LogP contribution in [0.1, 0.15) is 21.7 Å². The quantitative estimate of drug-likeness (QED) is 0.899. The summed E-state index contributed by atoms with van der Waals surface area (Å²) in [6.45, 7) is 2.28. The molecule has 0 saturated heterocycles. The Morgan fingerprint density at radius 3 is 2.89 bits per heavy atom. The number of furan rings is 1. The molecule has 0 aromatic carbocycles. The highest BCUT2D eigenvalue weighted by molar-refractivity contribution is 5.96. The van der Waals surface area contributed by atoms with E-state index in [1.54, 1.807) is 13.3 Å². The lowest BCUT2D eigenvalue weighted by atomic mass is 10.2. The normalized spacial score (nSPS) is 10.3. The molecule has 5 heteroatoms. The van der Waals surface area contributed by atoms with Crippen molar-refractivity contribution in [3.05, 3.63) is 47.7 Å². The third kappa shape index (κ3) is 2.34. The van der Waals surface area contributed by atoms with Crippen molar-refractivity contribution in [2.24, 2.45) is 0 Å². The summed E-state index contributed by atoms with van der Waals surface area (Å²) >= 11 is 0. The molecule has 0 aliphatic carbocycles. The number of aromatic hydroxyl groups is 1. The third-order valence-corrected chi connectivity index (χ3v) is 2.75. The average molecular weight is 246 g/mol. The summed E-state index contributed by atoms with van der Waals surface area (Å²) in [5.74, 6) is 0.419. The first-order valence-electron chi connectivity index (χ1n) is 5.51. The number of amides is 1. The minimum absolute atomic E-state index is 0.113. The van der Waals surface area contributed by atoms with Crippen molar-refractivity contribution < 1.29 is 14.3 Å². The van der Waals surface area contributed by atoms with E-state index in [1.807, 2.05) is 13.0 Å². The van der Waals surface area contributed by atoms with Crippen LogP contribution in [0.15, 0.2) is 35.2 Å². The number of nitrogens with zero attached hydrogens (tertiary/aromatic N) is 2. The first-order valence-corrected chi connectivity index (χ1v) is 5.51. The van der Waals surface area contributed by atoms with E-state index in [4.69, 9.17) is 4.42 Å². The van der Waals surface area contributed by atoms with Gasteiger partial charge in [-0.25, -0.2) is 0 Å². The predicted molar refractivity (Wildman–Crippen MR) is 65.1 cm³/mol. The molecule has 1 amide bonds. The number of hydrogen-bond donors (Lipinski definition) is 1. The molecule has 1 N–H and O–H groups in total. The second-order valence-corrected chi connectivity index (χ2v) is 4.06. The first-order chi connectivity index (χ1) is 8.59. The lowest BCUT2D eigenvalue weighted by molar-refractivity contribution is 0.0781. The van der Waals surface area contributed by atoms with Crippen molar-refractivity contribution in [3.8, 4) is 5.75 Å². The molecule has 2 rings (SSSR count). The van der Waals surface area contributed by atoms with Crippen LogP contribution in [0.25, 0.3) is 0 Å². The molecule has 2 aromatic heterocycles. The van der Waals surface area contributed by atoms with E-state index >= 15 is 0 Å². The van der Waals surface area contributed by atoms with E-state index in [0.717, 1.165) is 11.3 Å². The van der Waals surface area contributed by atoms with Crippen LogP contribution < -0.4 is 0 Å². The average Bonchev–Trinajstić information content (AvgIpc) is 2.75. The first kappa shape index (κ1) is 12.2. The van der Waals surface area contributed by atoms with Gasteiger partial charge in [-0.2, -0.15) is 0 Å². The lowest BCUT2D eigenvalue weighted by Crippen LogP contribution is -2.26. The van der Waals surface area contributed by atoms with Gasteiger partial charge in [0.15, 0.2) is 0 Å². The highest BCUT2D eigenvalue weighted by atomic mass is 16.3. The van der Waals surface area contributed by atoms with Gasteiger partial charge in [-0.1, -0.05) is 0 Å². The van der Waals surface area contributed by atoms with Crippen molar-refractivity contribution in [1.82, 2.24) is 9.88 Å². The van der Waals surface area contributed by atoms with E-state index in [0.29, 0.717) is 6.54 Å². The zero-order chi connectivity index (χ0) is 13.1. The second-order valence-electron chi connectivity index (χ2n) is 4.06. The topological polar surface area (TPSA) is 66.6 Å². The molecule has 0 fully saturated rings. The molecule has 94 valence electrons. The Kier molecular flexibility index (Phi) is 3.32. The van der Waals surface area contributed by atoms with Gasteiger partial charge >= 0.3 is 0 Å². The minimum Gasteiger partial charge on any atom is -0.505 e. The molecule has 2 aromatic rings. The number of rotatable bonds is 3. The Morgan fingerprint density at radius 1 is 1.50 bits per heavy atom. The third-order valence-electron chi connectivity index (χ3n) is 2.75. The Labute approximate surface area is 105 Å². The summed E-state index contributed by atoms with van der Waals surface area (Å²) in [6.07, 6.45) is 4.32. The lowest BCUT2D eigenvalue weighted by Gasteiger charge is -2.17. The van der Waals surface area contributed by atoms with Crippen molar-refractivity contribution in [1.29, 1.82) is 0 Å². The highest BCUT2D eigenvalue weighted by Crippen LogP contribution is 2.18. The molecule has 0 aliphatic heterocycles. The van der Waals surface area contributed by atoms with Gasteiger partial charge in [0.25, 0.3) is 5.91 Å². The van der Waals surface area contributed by atoms with Gasteiger partial charge in [-0.15, -0.1) is 0 Å². The molecule has 0 aliphatic rings. The predicted octanol–water partition coefficient (Wildman–Crippen LogP) is 1.96. The van der Waals surface area contributed by atoms with E-state index in [-0.39, 0.29) is 17.2 Å². The summed E-state index contributed by atoms with van der Waals surface area (Å²) < 4.78 is 5.18. The van der Waals surface area contributed by atoms with Crippen LogP contribution in [0.5, 0.6) is 5.75 Å². The molecular weight excluding hydrogens is 232 g/mol. The Hall–Kier alpha value is -2.30. The van der Waals surface area contributed by atoms with Gasteiger partial charge in [-0.05, 0) is 19.1 Å². The van der Waals surface area contributed by atoms with Crippen LogP contribution in [0.4, 0.5) is 0 Å². The SMILES string of the molecule is Cc1occc1CN(C)C(=O)c1ccncc1O. The molecule has 2 heterocycles. The fourth-order valence-electron chi connectivity index (χ4n) is 1.68. The van der Waals surface area contributed by atoms with Crippen molar-refractivity contribution in [2.75, 3.05) is 7.05 Å². The van der Waals surface area contributed by atoms with Crippen LogP contribution >= 0.6 is 0 Å². The minimum atomic E-state index is -0.254. The van der Waals surface area contributed by atoms with Crippen LogP contribution in [-0.2, 0) is 6.54 Å². The molecular formula is C13H14N2O3. The zero-order valence-electron chi connectivity index (χ0n) is 10.3. The summed E-state index contributed by atoms with van der Waals surface area (Å²) in [5, 5.41) is 9.58. The number of carbonyl (C=O) groups is 1. The fraction of sp³-hybridized carbons (Fsp3) is 0.231. The standard InChI is InChI=1S/C13H14N2O3/c1-9-10(4-6-18-9)8-15(2)13(17)11-3-5-14-7-12(11)16/h3-7,16H,8H2,1-2H3. The van der Waals surface area contributed by atoms with Gasteiger partial charge < -0.3 is 14.4 Å². The number of hydrogen-bond acceptors (Lipinski definition) is 4. The van der Waals surface area contributed by atoms with Gasteiger partial charge in [0.2, 0.25) is 0 Å². The Balaban J connectivity index is 2.15. The Morgan fingerprint density at radius 2 is 2.28 bits per heavy atom. The van der Waals surface area contributed by atoms with E-state index in [1.165, 1.54) is 23.4 Å². The van der Waals surface area contributed by atoms with Crippen LogP contribution in [0.3, 0.4) is 0 Å². The molecule has 0 radical (unpaired) electrons. The maximum absolute atomic E-state index is 12.1. The van der Waals surface area contributed by atoms with Crippen molar-refractivity contribution >= 4 is 5.91 Å². The van der Waals surface area contributed by atoms with Gasteiger partial charge in [0.05, 0.1) is 18.0 Å². The maximum atomic E-state index is 12.1. The van der Waals surface area contributed by atoms with Gasteiger partial charge in [-0.3, -0.25) is 9.78 Å². The molecule has 0 atom stereocenters. The molecule has 5 nitrogen and oxygen atoms in total. The van der Waals surface area contributed by atoms with E-state index in [2.05, 4.69) is 4.98 Å². The van der Waals surface area contributed by atoms with Crippen LogP contribution in [0.2, 0.25) is 0 Å². The van der Waals surface area contributed by atoms with Crippen LogP contribution in [-0.4, -0.2) is 27.9 Å². The summed E-state index contributed by atoms with van der Waals surface area (Å²) in [6, 6.07) is 3.32. The number of carbonyl (C=O) groups excluding carboxylic acids is 1. The Bertz CT molecular complexity index is 563. The van der Waals surface area contributed by atoms with Crippen molar-refractivity contribution in [2.45, 2.75) is 13.5 Å². The number of aromatic nitrogens is 1. The molecule has 18 heavy (non-hydrogen) atoms. The fourth-order valence-corrected chi connectivity index (χ4v) is 1.68. The largest absolute Gasteiger partial charge is 0.505 e. The molecule has 0 bridgehead atoms. The summed E-state index contributed by atoms with van der Waals surface area (Å²) in [7, 11) is 1.68. The molecule has 0 saturated carbocycles. The number of aryl methyl sites for hydroxylation is 1. The van der Waals surface area contributed by atoms with E-state index in [9.17, 15) is 9.90 Å². The van der Waals surface area contributed by atoms with E-state index < -0.39 is 0 Å². The summed E-state index contributed by atoms with van der Waals surface area (Å²) in [5.41, 5.74) is 1.19. The van der Waals surface area contributed by atoms with Gasteiger partial charge in [0.1, 0.15) is 11.5 Å². The second kappa shape index (κ2) is 4.91. The zero-order valence-corrected chi connectivity index (χ0v) is 10.3. The smallest absolute Gasteiger partial charge is 0.257 e. The monoisotopic (exact) mass is 246 g/mol. The molecule has 0 unspecified atom stereocenters. The maximum Gasteiger partial charge on any atom is 0.257 e.